The highest BCUT2D eigenvalue weighted by Gasteiger charge is 2.35. The predicted octanol–water partition coefficient (Wildman–Crippen LogP) is 3.45. The third-order valence-electron chi connectivity index (χ3n) is 4.92. The third kappa shape index (κ3) is 5.62. The molecule has 2 amide bonds. The highest BCUT2D eigenvalue weighted by Crippen LogP contribution is 2.41. The molecule has 1 heterocycles. The predicted molar refractivity (Wildman–Crippen MR) is 124 cm³/mol. The van der Waals surface area contributed by atoms with Crippen molar-refractivity contribution in [1.82, 2.24) is 5.32 Å². The molecule has 0 aromatic heterocycles. The molecule has 0 saturated heterocycles. The minimum Gasteiger partial charge on any atom is -0.497 e. The van der Waals surface area contributed by atoms with Crippen LogP contribution in [0.15, 0.2) is 47.4 Å². The van der Waals surface area contributed by atoms with Crippen LogP contribution in [0.1, 0.15) is 36.7 Å². The van der Waals surface area contributed by atoms with Crippen molar-refractivity contribution in [1.29, 1.82) is 0 Å². The van der Waals surface area contributed by atoms with Crippen molar-refractivity contribution >= 4 is 35.2 Å². The molecule has 0 bridgehead atoms. The Balaban J connectivity index is 1.91. The maximum Gasteiger partial charge on any atom is 0.326 e. The molecule has 3 rings (SSSR count). The smallest absolute Gasteiger partial charge is 0.326 e. The van der Waals surface area contributed by atoms with Crippen molar-refractivity contribution in [2.24, 2.45) is 0 Å². The van der Waals surface area contributed by atoms with E-state index >= 15 is 0 Å². The first kappa shape index (κ1) is 23.7. The average molecular weight is 457 g/mol. The van der Waals surface area contributed by atoms with Crippen LogP contribution < -0.4 is 15.0 Å². The largest absolute Gasteiger partial charge is 0.497 e. The van der Waals surface area contributed by atoms with E-state index in [-0.39, 0.29) is 31.0 Å². The summed E-state index contributed by atoms with van der Waals surface area (Å²) >= 11 is 1.44. The van der Waals surface area contributed by atoms with E-state index in [1.54, 1.807) is 26.2 Å². The molecule has 1 N–H and O–H groups in total. The summed E-state index contributed by atoms with van der Waals surface area (Å²) in [6.45, 7) is 5.52. The monoisotopic (exact) mass is 456 g/mol. The van der Waals surface area contributed by atoms with Crippen LogP contribution in [0.4, 0.5) is 5.69 Å². The number of thioether (sulfide) groups is 1. The number of carbonyl (C=O) groups excluding carboxylic acids is 3. The van der Waals surface area contributed by atoms with Crippen molar-refractivity contribution in [3.8, 4) is 5.75 Å². The van der Waals surface area contributed by atoms with Crippen LogP contribution in [0.25, 0.3) is 0 Å². The maximum absolute atomic E-state index is 13.4. The lowest BCUT2D eigenvalue weighted by atomic mass is 10.1. The average Bonchev–Trinajstić information content (AvgIpc) is 2.76. The van der Waals surface area contributed by atoms with Crippen LogP contribution in [0.3, 0.4) is 0 Å². The standard InChI is InChI=1S/C24H28N2O5S/c1-5-31-22(27)14-26-19-13-17(23(28)25-15(2)3)8-11-20(19)32-21(24(26)29)12-16-6-9-18(30-4)10-7-16/h6-11,13,15,21H,5,12,14H2,1-4H3,(H,25,28). The fourth-order valence-corrected chi connectivity index (χ4v) is 4.66. The number of methoxy groups -OCH3 is 1. The van der Waals surface area contributed by atoms with Gasteiger partial charge in [0.2, 0.25) is 5.91 Å². The Bertz CT molecular complexity index is 990. The fourth-order valence-electron chi connectivity index (χ4n) is 3.41. The second kappa shape index (κ2) is 10.5. The minimum absolute atomic E-state index is 0.0148. The quantitative estimate of drug-likeness (QED) is 0.613. The van der Waals surface area contributed by atoms with Gasteiger partial charge in [-0.3, -0.25) is 19.3 Å². The first-order valence-electron chi connectivity index (χ1n) is 10.5. The van der Waals surface area contributed by atoms with Gasteiger partial charge in [0, 0.05) is 16.5 Å². The van der Waals surface area contributed by atoms with E-state index in [2.05, 4.69) is 5.32 Å². The second-order valence-electron chi connectivity index (χ2n) is 7.70. The van der Waals surface area contributed by atoms with E-state index in [1.807, 2.05) is 44.2 Å². The number of hydrogen-bond acceptors (Lipinski definition) is 6. The number of esters is 1. The molecule has 1 aliphatic heterocycles. The molecule has 2 aromatic rings. The fraction of sp³-hybridized carbons (Fsp3) is 0.375. The Morgan fingerprint density at radius 2 is 1.88 bits per heavy atom. The molecule has 0 spiro atoms. The summed E-state index contributed by atoms with van der Waals surface area (Å²) in [5.41, 5.74) is 1.98. The molecule has 0 saturated carbocycles. The molecule has 1 atom stereocenters. The Morgan fingerprint density at radius 3 is 2.50 bits per heavy atom. The molecular weight excluding hydrogens is 428 g/mol. The van der Waals surface area contributed by atoms with Gasteiger partial charge in [-0.25, -0.2) is 0 Å². The highest BCUT2D eigenvalue weighted by atomic mass is 32.2. The molecule has 170 valence electrons. The number of rotatable bonds is 8. The van der Waals surface area contributed by atoms with E-state index in [9.17, 15) is 14.4 Å². The molecule has 1 aliphatic rings. The Kier molecular flexibility index (Phi) is 7.80. The summed E-state index contributed by atoms with van der Waals surface area (Å²) < 4.78 is 10.3. The Hall–Kier alpha value is -3.00. The normalized spacial score (nSPS) is 15.3. The molecular formula is C24H28N2O5S. The molecule has 0 aliphatic carbocycles. The topological polar surface area (TPSA) is 84.9 Å². The van der Waals surface area contributed by atoms with Crippen molar-refractivity contribution in [2.75, 3.05) is 25.2 Å². The third-order valence-corrected chi connectivity index (χ3v) is 6.17. The van der Waals surface area contributed by atoms with Gasteiger partial charge in [0.1, 0.15) is 12.3 Å². The number of amides is 2. The van der Waals surface area contributed by atoms with Crippen molar-refractivity contribution in [3.63, 3.8) is 0 Å². The van der Waals surface area contributed by atoms with Gasteiger partial charge >= 0.3 is 5.97 Å². The zero-order valence-electron chi connectivity index (χ0n) is 18.7. The lowest BCUT2D eigenvalue weighted by Crippen LogP contribution is -2.45. The van der Waals surface area contributed by atoms with Crippen LogP contribution in [0.2, 0.25) is 0 Å². The minimum atomic E-state index is -0.487. The lowest BCUT2D eigenvalue weighted by molar-refractivity contribution is -0.142. The van der Waals surface area contributed by atoms with Crippen LogP contribution in [0, 0.1) is 0 Å². The maximum atomic E-state index is 13.4. The molecule has 8 heteroatoms. The van der Waals surface area contributed by atoms with E-state index in [0.717, 1.165) is 16.2 Å². The van der Waals surface area contributed by atoms with Crippen molar-refractivity contribution < 1.29 is 23.9 Å². The summed E-state index contributed by atoms with van der Waals surface area (Å²) in [5.74, 6) is -0.152. The SMILES string of the molecule is CCOC(=O)CN1C(=O)C(Cc2ccc(OC)cc2)Sc2ccc(C(=O)NC(C)C)cc21. The Morgan fingerprint density at radius 1 is 1.16 bits per heavy atom. The zero-order chi connectivity index (χ0) is 23.3. The van der Waals surface area contributed by atoms with Gasteiger partial charge in [-0.15, -0.1) is 11.8 Å². The first-order chi connectivity index (χ1) is 15.3. The van der Waals surface area contributed by atoms with Gasteiger partial charge in [-0.05, 0) is 63.1 Å². The number of nitrogens with zero attached hydrogens (tertiary/aromatic N) is 1. The number of ether oxygens (including phenoxy) is 2. The highest BCUT2D eigenvalue weighted by molar-refractivity contribution is 8.01. The Labute approximate surface area is 192 Å². The van der Waals surface area contributed by atoms with Crippen LogP contribution in [0.5, 0.6) is 5.75 Å². The molecule has 7 nitrogen and oxygen atoms in total. The summed E-state index contributed by atoms with van der Waals surface area (Å²) in [6.07, 6.45) is 0.502. The van der Waals surface area contributed by atoms with Gasteiger partial charge in [-0.1, -0.05) is 12.1 Å². The van der Waals surface area contributed by atoms with Gasteiger partial charge in [-0.2, -0.15) is 0 Å². The number of carbonyl (C=O) groups is 3. The van der Waals surface area contributed by atoms with Gasteiger partial charge < -0.3 is 14.8 Å². The molecule has 32 heavy (non-hydrogen) atoms. The van der Waals surface area contributed by atoms with Crippen LogP contribution in [-0.4, -0.2) is 49.3 Å². The first-order valence-corrected chi connectivity index (χ1v) is 11.4. The summed E-state index contributed by atoms with van der Waals surface area (Å²) in [4.78, 5) is 40.4. The van der Waals surface area contributed by atoms with Gasteiger partial charge in [0.15, 0.2) is 0 Å². The summed E-state index contributed by atoms with van der Waals surface area (Å²) in [5, 5.41) is 2.45. The van der Waals surface area contributed by atoms with Crippen LogP contribution in [-0.2, 0) is 20.7 Å². The van der Waals surface area contributed by atoms with Gasteiger partial charge in [0.25, 0.3) is 5.91 Å². The summed E-state index contributed by atoms with van der Waals surface area (Å²) in [7, 11) is 1.61. The number of anilines is 1. The van der Waals surface area contributed by atoms with Crippen molar-refractivity contribution in [2.45, 2.75) is 43.4 Å². The molecule has 2 aromatic carbocycles. The van der Waals surface area contributed by atoms with E-state index in [0.29, 0.717) is 17.7 Å². The molecule has 1 unspecified atom stereocenters. The number of hydrogen-bond donors (Lipinski definition) is 1. The van der Waals surface area contributed by atoms with E-state index in [4.69, 9.17) is 9.47 Å². The second-order valence-corrected chi connectivity index (χ2v) is 8.94. The molecule has 0 fully saturated rings. The number of benzene rings is 2. The number of nitrogens with one attached hydrogen (secondary N) is 1. The van der Waals surface area contributed by atoms with Crippen LogP contribution >= 0.6 is 11.8 Å². The lowest BCUT2D eigenvalue weighted by Gasteiger charge is -2.33. The molecule has 0 radical (unpaired) electrons. The van der Waals surface area contributed by atoms with E-state index in [1.165, 1.54) is 16.7 Å². The summed E-state index contributed by atoms with van der Waals surface area (Å²) in [6, 6.07) is 12.8. The number of fused-ring (bicyclic) bond motifs is 1. The van der Waals surface area contributed by atoms with Crippen molar-refractivity contribution in [3.05, 3.63) is 53.6 Å². The zero-order valence-corrected chi connectivity index (χ0v) is 19.5. The van der Waals surface area contributed by atoms with Gasteiger partial charge in [0.05, 0.1) is 24.7 Å². The van der Waals surface area contributed by atoms with E-state index < -0.39 is 11.2 Å².